The van der Waals surface area contributed by atoms with Gasteiger partial charge in [-0.05, 0) is 31.0 Å². The molecule has 1 heterocycles. The molecule has 1 aromatic carbocycles. The van der Waals surface area contributed by atoms with Crippen LogP contribution in [0.5, 0.6) is 5.75 Å². The number of hydrogen-bond acceptors (Lipinski definition) is 4. The predicted molar refractivity (Wildman–Crippen MR) is 102 cm³/mol. The van der Waals surface area contributed by atoms with Crippen molar-refractivity contribution in [3.8, 4) is 5.75 Å². The highest BCUT2D eigenvalue weighted by atomic mass is 16.5. The van der Waals surface area contributed by atoms with Gasteiger partial charge >= 0.3 is 0 Å². The minimum Gasteiger partial charge on any atom is -0.494 e. The van der Waals surface area contributed by atoms with Crippen LogP contribution >= 0.6 is 0 Å². The van der Waals surface area contributed by atoms with Crippen LogP contribution in [0.2, 0.25) is 0 Å². The molecule has 1 aliphatic rings. The number of aliphatic imine (C=N–C) groups is 1. The molecule has 2 rings (SSSR count). The summed E-state index contributed by atoms with van der Waals surface area (Å²) in [6, 6.07) is 8.17. The average molecular weight is 348 g/mol. The highest BCUT2D eigenvalue weighted by molar-refractivity contribution is 5.79. The molecule has 1 saturated heterocycles. The number of ether oxygens (including phenoxy) is 2. The maximum Gasteiger partial charge on any atom is 0.191 e. The van der Waals surface area contributed by atoms with Crippen LogP contribution < -0.4 is 15.4 Å². The maximum atomic E-state index is 5.69. The van der Waals surface area contributed by atoms with Gasteiger partial charge in [0, 0.05) is 32.7 Å². The van der Waals surface area contributed by atoms with E-state index in [1.54, 1.807) is 0 Å². The van der Waals surface area contributed by atoms with Crippen LogP contribution in [0.3, 0.4) is 0 Å². The quantitative estimate of drug-likeness (QED) is 0.527. The summed E-state index contributed by atoms with van der Waals surface area (Å²) in [6.45, 7) is 12.0. The van der Waals surface area contributed by atoms with Crippen LogP contribution in [0, 0.1) is 0 Å². The minimum atomic E-state index is 0.635. The number of morpholine rings is 1. The molecule has 0 spiro atoms. The fourth-order valence-corrected chi connectivity index (χ4v) is 2.62. The van der Waals surface area contributed by atoms with Crippen molar-refractivity contribution in [2.24, 2.45) is 4.99 Å². The molecule has 0 bridgehead atoms. The first-order valence-electron chi connectivity index (χ1n) is 9.35. The van der Waals surface area contributed by atoms with Crippen molar-refractivity contribution >= 4 is 5.96 Å². The smallest absolute Gasteiger partial charge is 0.191 e. The SMILES string of the molecule is CCCOc1cccc(CN=C(NCC)NCCN2CCOCC2)c1. The van der Waals surface area contributed by atoms with Crippen molar-refractivity contribution in [2.45, 2.75) is 26.8 Å². The van der Waals surface area contributed by atoms with Gasteiger partial charge < -0.3 is 20.1 Å². The molecule has 1 aromatic rings. The number of nitrogens with zero attached hydrogens (tertiary/aromatic N) is 2. The van der Waals surface area contributed by atoms with E-state index in [2.05, 4.69) is 46.5 Å². The molecule has 0 radical (unpaired) electrons. The van der Waals surface area contributed by atoms with Gasteiger partial charge in [-0.25, -0.2) is 4.99 Å². The molecule has 0 atom stereocenters. The van der Waals surface area contributed by atoms with Crippen molar-refractivity contribution in [2.75, 3.05) is 52.5 Å². The van der Waals surface area contributed by atoms with Gasteiger partial charge in [0.2, 0.25) is 0 Å². The molecule has 1 fully saturated rings. The lowest BCUT2D eigenvalue weighted by atomic mass is 10.2. The van der Waals surface area contributed by atoms with E-state index in [9.17, 15) is 0 Å². The van der Waals surface area contributed by atoms with E-state index in [0.29, 0.717) is 6.54 Å². The van der Waals surface area contributed by atoms with Gasteiger partial charge in [0.05, 0.1) is 26.4 Å². The second-order valence-corrected chi connectivity index (χ2v) is 6.07. The number of rotatable bonds is 9. The maximum absolute atomic E-state index is 5.69. The molecule has 0 saturated carbocycles. The third kappa shape index (κ3) is 7.75. The number of nitrogens with one attached hydrogen (secondary N) is 2. The van der Waals surface area contributed by atoms with E-state index in [1.807, 2.05) is 12.1 Å². The zero-order chi connectivity index (χ0) is 17.7. The molecule has 25 heavy (non-hydrogen) atoms. The lowest BCUT2D eigenvalue weighted by Crippen LogP contribution is -2.44. The average Bonchev–Trinajstić information content (AvgIpc) is 2.65. The molecular weight excluding hydrogens is 316 g/mol. The zero-order valence-corrected chi connectivity index (χ0v) is 15.6. The molecule has 6 heteroatoms. The van der Waals surface area contributed by atoms with Crippen LogP contribution in [0.1, 0.15) is 25.8 Å². The fraction of sp³-hybridized carbons (Fsp3) is 0.632. The highest BCUT2D eigenvalue weighted by Crippen LogP contribution is 2.14. The number of hydrogen-bond donors (Lipinski definition) is 2. The van der Waals surface area contributed by atoms with E-state index in [4.69, 9.17) is 9.47 Å². The Labute approximate surface area is 151 Å². The van der Waals surface area contributed by atoms with Gasteiger partial charge in [-0.1, -0.05) is 19.1 Å². The van der Waals surface area contributed by atoms with Gasteiger partial charge in [-0.3, -0.25) is 4.90 Å². The summed E-state index contributed by atoms with van der Waals surface area (Å²) in [5, 5.41) is 6.72. The second kappa shape index (κ2) is 11.7. The highest BCUT2D eigenvalue weighted by Gasteiger charge is 2.09. The summed E-state index contributed by atoms with van der Waals surface area (Å²) in [5.74, 6) is 1.77. The van der Waals surface area contributed by atoms with Gasteiger partial charge in [0.1, 0.15) is 5.75 Å². The molecule has 0 aliphatic carbocycles. The predicted octanol–water partition coefficient (Wildman–Crippen LogP) is 1.86. The summed E-state index contributed by atoms with van der Waals surface area (Å²) in [7, 11) is 0. The standard InChI is InChI=1S/C19H32N4O2/c1-3-12-25-18-7-5-6-17(15-18)16-22-19(20-4-2)21-8-9-23-10-13-24-14-11-23/h5-7,15H,3-4,8-14,16H2,1-2H3,(H2,20,21,22). The van der Waals surface area contributed by atoms with Gasteiger partial charge in [-0.15, -0.1) is 0 Å². The first kappa shape index (κ1) is 19.5. The Hall–Kier alpha value is -1.79. The summed E-state index contributed by atoms with van der Waals surface area (Å²) < 4.78 is 11.1. The van der Waals surface area contributed by atoms with Crippen molar-refractivity contribution in [3.63, 3.8) is 0 Å². The van der Waals surface area contributed by atoms with Crippen molar-refractivity contribution in [3.05, 3.63) is 29.8 Å². The van der Waals surface area contributed by atoms with Gasteiger partial charge in [-0.2, -0.15) is 0 Å². The van der Waals surface area contributed by atoms with Crippen LogP contribution in [0.4, 0.5) is 0 Å². The largest absolute Gasteiger partial charge is 0.494 e. The monoisotopic (exact) mass is 348 g/mol. The van der Waals surface area contributed by atoms with Crippen LogP contribution in [0.15, 0.2) is 29.3 Å². The number of guanidine groups is 1. The normalized spacial score (nSPS) is 15.8. The Morgan fingerprint density at radius 3 is 2.84 bits per heavy atom. The minimum absolute atomic E-state index is 0.635. The molecule has 0 aromatic heterocycles. The second-order valence-electron chi connectivity index (χ2n) is 6.07. The summed E-state index contributed by atoms with van der Waals surface area (Å²) >= 11 is 0. The van der Waals surface area contributed by atoms with Crippen LogP contribution in [-0.2, 0) is 11.3 Å². The van der Waals surface area contributed by atoms with Gasteiger partial charge in [0.15, 0.2) is 5.96 Å². The number of benzene rings is 1. The lowest BCUT2D eigenvalue weighted by molar-refractivity contribution is 0.0389. The molecule has 0 amide bonds. The molecule has 140 valence electrons. The van der Waals surface area contributed by atoms with Crippen LogP contribution in [-0.4, -0.2) is 63.4 Å². The van der Waals surface area contributed by atoms with Gasteiger partial charge in [0.25, 0.3) is 0 Å². The van der Waals surface area contributed by atoms with E-state index >= 15 is 0 Å². The summed E-state index contributed by atoms with van der Waals surface area (Å²) in [6.07, 6.45) is 1.01. The first-order valence-corrected chi connectivity index (χ1v) is 9.35. The van der Waals surface area contributed by atoms with E-state index in [0.717, 1.165) is 76.2 Å². The first-order chi connectivity index (χ1) is 12.3. The Balaban J connectivity index is 1.81. The van der Waals surface area contributed by atoms with Crippen molar-refractivity contribution in [1.29, 1.82) is 0 Å². The third-order valence-corrected chi connectivity index (χ3v) is 3.96. The molecule has 2 N–H and O–H groups in total. The molecule has 0 unspecified atom stereocenters. The topological polar surface area (TPSA) is 58.1 Å². The Kier molecular flexibility index (Phi) is 9.15. The summed E-state index contributed by atoms with van der Waals surface area (Å²) in [4.78, 5) is 7.09. The van der Waals surface area contributed by atoms with E-state index in [-0.39, 0.29) is 0 Å². The fourth-order valence-electron chi connectivity index (χ4n) is 2.62. The van der Waals surface area contributed by atoms with E-state index < -0.39 is 0 Å². The molecular formula is C19H32N4O2. The van der Waals surface area contributed by atoms with E-state index in [1.165, 1.54) is 0 Å². The molecule has 1 aliphatic heterocycles. The Morgan fingerprint density at radius 2 is 2.08 bits per heavy atom. The van der Waals surface area contributed by atoms with Crippen molar-refractivity contribution < 1.29 is 9.47 Å². The Morgan fingerprint density at radius 1 is 1.24 bits per heavy atom. The van der Waals surface area contributed by atoms with Crippen molar-refractivity contribution in [1.82, 2.24) is 15.5 Å². The lowest BCUT2D eigenvalue weighted by Gasteiger charge is -2.26. The van der Waals surface area contributed by atoms with Crippen LogP contribution in [0.25, 0.3) is 0 Å². The zero-order valence-electron chi connectivity index (χ0n) is 15.6. The Bertz CT molecular complexity index is 516. The summed E-state index contributed by atoms with van der Waals surface area (Å²) in [5.41, 5.74) is 1.15. The molecule has 6 nitrogen and oxygen atoms in total. The third-order valence-electron chi connectivity index (χ3n) is 3.96.